The number of rotatable bonds is 9. The molecule has 5 heteroatoms. The zero-order chi connectivity index (χ0) is 25.6. The molecule has 0 radical (unpaired) electrons. The van der Waals surface area contributed by atoms with Gasteiger partial charge in [-0.3, -0.25) is 4.90 Å². The third kappa shape index (κ3) is 6.30. The number of ether oxygens (including phenoxy) is 1. The van der Waals surface area contributed by atoms with Gasteiger partial charge in [0, 0.05) is 49.9 Å². The van der Waals surface area contributed by atoms with E-state index in [4.69, 9.17) is 9.72 Å². The van der Waals surface area contributed by atoms with Crippen LogP contribution in [0.1, 0.15) is 40.4 Å². The zero-order valence-corrected chi connectivity index (χ0v) is 22.3. The smallest absolute Gasteiger partial charge is 0.137 e. The molecule has 5 nitrogen and oxygen atoms in total. The molecule has 192 valence electrons. The average Bonchev–Trinajstić information content (AvgIpc) is 3.30. The minimum atomic E-state index is 0.386. The second kappa shape index (κ2) is 11.8. The fourth-order valence-corrected chi connectivity index (χ4v) is 5.24. The summed E-state index contributed by atoms with van der Waals surface area (Å²) in [4.78, 5) is 13.6. The van der Waals surface area contributed by atoms with Gasteiger partial charge in [-0.15, -0.1) is 0 Å². The minimum absolute atomic E-state index is 0.386. The van der Waals surface area contributed by atoms with Crippen molar-refractivity contribution in [2.75, 3.05) is 39.8 Å². The van der Waals surface area contributed by atoms with Crippen molar-refractivity contribution in [1.29, 1.82) is 0 Å². The van der Waals surface area contributed by atoms with E-state index >= 15 is 0 Å². The normalized spacial score (nSPS) is 15.5. The monoisotopic (exact) mass is 494 g/mol. The quantitative estimate of drug-likeness (QED) is 0.308. The summed E-state index contributed by atoms with van der Waals surface area (Å²) >= 11 is 0. The summed E-state index contributed by atoms with van der Waals surface area (Å²) < 4.78 is 5.38. The molecule has 4 aromatic rings. The highest BCUT2D eigenvalue weighted by molar-refractivity contribution is 5.56. The van der Waals surface area contributed by atoms with Gasteiger partial charge >= 0.3 is 0 Å². The van der Waals surface area contributed by atoms with Crippen LogP contribution in [0.3, 0.4) is 0 Å². The SMILES string of the molecule is COc1ccc(C(CCN2CCN(Cc3nc(-c4ccc(C)cc4)[nH]c3C)CC2)c2ccccc2)cc1. The Hall–Kier alpha value is -3.41. The van der Waals surface area contributed by atoms with Crippen molar-refractivity contribution in [2.45, 2.75) is 32.7 Å². The first-order valence-electron chi connectivity index (χ1n) is 13.3. The molecule has 1 saturated heterocycles. The van der Waals surface area contributed by atoms with E-state index < -0.39 is 0 Å². The van der Waals surface area contributed by atoms with Crippen LogP contribution in [0.15, 0.2) is 78.9 Å². The molecule has 1 aliphatic heterocycles. The number of aryl methyl sites for hydroxylation is 2. The molecule has 0 amide bonds. The molecule has 1 atom stereocenters. The van der Waals surface area contributed by atoms with Crippen LogP contribution < -0.4 is 4.74 Å². The highest BCUT2D eigenvalue weighted by atomic mass is 16.5. The number of benzene rings is 3. The van der Waals surface area contributed by atoms with Crippen LogP contribution in [0.2, 0.25) is 0 Å². The van der Waals surface area contributed by atoms with Crippen LogP contribution in [-0.4, -0.2) is 59.6 Å². The third-order valence-corrected chi connectivity index (χ3v) is 7.60. The Kier molecular flexibility index (Phi) is 8.02. The first-order chi connectivity index (χ1) is 18.1. The number of nitrogens with zero attached hydrogens (tertiary/aromatic N) is 3. The highest BCUT2D eigenvalue weighted by Gasteiger charge is 2.21. The maximum Gasteiger partial charge on any atom is 0.137 e. The Balaban J connectivity index is 1.17. The first-order valence-corrected chi connectivity index (χ1v) is 13.3. The summed E-state index contributed by atoms with van der Waals surface area (Å²) in [6, 6.07) is 28.0. The van der Waals surface area contributed by atoms with Crippen LogP contribution >= 0.6 is 0 Å². The molecule has 5 rings (SSSR count). The van der Waals surface area contributed by atoms with Gasteiger partial charge < -0.3 is 14.6 Å². The molecule has 1 unspecified atom stereocenters. The number of hydrogen-bond acceptors (Lipinski definition) is 4. The summed E-state index contributed by atoms with van der Waals surface area (Å²) in [6.07, 6.45) is 1.11. The summed E-state index contributed by atoms with van der Waals surface area (Å²) in [5, 5.41) is 0. The first kappa shape index (κ1) is 25.2. The summed E-state index contributed by atoms with van der Waals surface area (Å²) in [7, 11) is 1.72. The van der Waals surface area contributed by atoms with Crippen LogP contribution in [0, 0.1) is 13.8 Å². The van der Waals surface area contributed by atoms with Gasteiger partial charge in [0.15, 0.2) is 0 Å². The van der Waals surface area contributed by atoms with Crippen molar-refractivity contribution in [3.05, 3.63) is 107 Å². The zero-order valence-electron chi connectivity index (χ0n) is 22.3. The number of aromatic nitrogens is 2. The van der Waals surface area contributed by atoms with E-state index in [0.717, 1.165) is 68.5 Å². The van der Waals surface area contributed by atoms with Gasteiger partial charge in [-0.1, -0.05) is 72.3 Å². The number of H-pyrrole nitrogens is 1. The number of nitrogens with one attached hydrogen (secondary N) is 1. The van der Waals surface area contributed by atoms with Crippen molar-refractivity contribution in [3.63, 3.8) is 0 Å². The number of imidazole rings is 1. The van der Waals surface area contributed by atoms with Crippen molar-refractivity contribution >= 4 is 0 Å². The lowest BCUT2D eigenvalue weighted by atomic mass is 9.88. The molecule has 37 heavy (non-hydrogen) atoms. The molecule has 0 aliphatic carbocycles. The Morgan fingerprint density at radius 2 is 1.46 bits per heavy atom. The number of aromatic amines is 1. The van der Waals surface area contributed by atoms with Gasteiger partial charge in [0.2, 0.25) is 0 Å². The fourth-order valence-electron chi connectivity index (χ4n) is 5.24. The maximum absolute atomic E-state index is 5.38. The Morgan fingerprint density at radius 1 is 0.811 bits per heavy atom. The van der Waals surface area contributed by atoms with Gasteiger partial charge in [-0.05, 0) is 50.1 Å². The Bertz CT molecular complexity index is 1260. The minimum Gasteiger partial charge on any atom is -0.497 e. The van der Waals surface area contributed by atoms with Gasteiger partial charge in [0.1, 0.15) is 11.6 Å². The predicted molar refractivity (Wildman–Crippen MR) is 151 cm³/mol. The van der Waals surface area contributed by atoms with E-state index in [2.05, 4.69) is 107 Å². The van der Waals surface area contributed by atoms with E-state index in [1.165, 1.54) is 22.4 Å². The van der Waals surface area contributed by atoms with Crippen LogP contribution in [0.25, 0.3) is 11.4 Å². The van der Waals surface area contributed by atoms with Crippen molar-refractivity contribution in [1.82, 2.24) is 19.8 Å². The van der Waals surface area contributed by atoms with E-state index in [9.17, 15) is 0 Å². The number of methoxy groups -OCH3 is 1. The topological polar surface area (TPSA) is 44.4 Å². The molecule has 1 aromatic heterocycles. The summed E-state index contributed by atoms with van der Waals surface area (Å²) in [6.45, 7) is 10.6. The van der Waals surface area contributed by atoms with Crippen LogP contribution in [0.4, 0.5) is 0 Å². The van der Waals surface area contributed by atoms with E-state index in [1.54, 1.807) is 7.11 Å². The summed E-state index contributed by atoms with van der Waals surface area (Å²) in [5.41, 5.74) is 7.48. The molecular weight excluding hydrogens is 456 g/mol. The molecule has 1 N–H and O–H groups in total. The lowest BCUT2D eigenvalue weighted by molar-refractivity contribution is 0.124. The summed E-state index contributed by atoms with van der Waals surface area (Å²) in [5.74, 6) is 2.26. The van der Waals surface area contributed by atoms with E-state index in [1.807, 2.05) is 0 Å². The van der Waals surface area contributed by atoms with Crippen LogP contribution in [0.5, 0.6) is 5.75 Å². The van der Waals surface area contributed by atoms with Gasteiger partial charge in [-0.2, -0.15) is 0 Å². The van der Waals surface area contributed by atoms with E-state index in [-0.39, 0.29) is 0 Å². The van der Waals surface area contributed by atoms with Crippen molar-refractivity contribution < 1.29 is 4.74 Å². The lowest BCUT2D eigenvalue weighted by Gasteiger charge is -2.35. The maximum atomic E-state index is 5.38. The molecule has 1 aliphatic rings. The molecule has 0 bridgehead atoms. The van der Waals surface area contributed by atoms with Crippen molar-refractivity contribution in [2.24, 2.45) is 0 Å². The standard InChI is InChI=1S/C32H38N4O/c1-24-9-11-28(12-10-24)32-33-25(2)31(34-32)23-36-21-19-35(20-22-36)18-17-30(26-7-5-4-6-8-26)27-13-15-29(37-3)16-14-27/h4-16,30H,17-23H2,1-3H3,(H,33,34). The lowest BCUT2D eigenvalue weighted by Crippen LogP contribution is -2.46. The van der Waals surface area contributed by atoms with Crippen LogP contribution in [-0.2, 0) is 6.54 Å². The highest BCUT2D eigenvalue weighted by Crippen LogP contribution is 2.30. The Labute approximate surface area is 221 Å². The average molecular weight is 495 g/mol. The number of piperazine rings is 1. The second-order valence-electron chi connectivity index (χ2n) is 10.2. The van der Waals surface area contributed by atoms with Crippen molar-refractivity contribution in [3.8, 4) is 17.1 Å². The largest absolute Gasteiger partial charge is 0.497 e. The van der Waals surface area contributed by atoms with Gasteiger partial charge in [0.05, 0.1) is 12.8 Å². The molecule has 1 fully saturated rings. The van der Waals surface area contributed by atoms with Gasteiger partial charge in [0.25, 0.3) is 0 Å². The predicted octanol–water partition coefficient (Wildman–Crippen LogP) is 6.04. The fraction of sp³-hybridized carbons (Fsp3) is 0.344. The molecular formula is C32H38N4O. The second-order valence-corrected chi connectivity index (χ2v) is 10.2. The third-order valence-electron chi connectivity index (χ3n) is 7.60. The molecule has 2 heterocycles. The molecule has 0 saturated carbocycles. The molecule has 0 spiro atoms. The molecule has 3 aromatic carbocycles. The van der Waals surface area contributed by atoms with E-state index in [0.29, 0.717) is 5.92 Å². The number of hydrogen-bond donors (Lipinski definition) is 1. The Morgan fingerprint density at radius 3 is 2.14 bits per heavy atom. The van der Waals surface area contributed by atoms with Gasteiger partial charge in [-0.25, -0.2) is 4.98 Å².